The molecule has 1 aromatic rings. The Labute approximate surface area is 99.7 Å². The molecule has 0 bridgehead atoms. The van der Waals surface area contributed by atoms with Crippen LogP contribution in [0.25, 0.3) is 0 Å². The molecular formula is C11H17N3O3. The molecule has 1 rings (SSSR count). The molecule has 0 fully saturated rings. The Kier molecular flexibility index (Phi) is 3.80. The number of ether oxygens (including phenoxy) is 1. The lowest BCUT2D eigenvalue weighted by molar-refractivity contribution is 0.0635. The molecule has 6 heteroatoms. The van der Waals surface area contributed by atoms with Crippen LogP contribution in [0, 0.1) is 0 Å². The van der Waals surface area contributed by atoms with E-state index >= 15 is 0 Å². The van der Waals surface area contributed by atoms with Crippen LogP contribution in [0.15, 0.2) is 18.2 Å². The van der Waals surface area contributed by atoms with Gasteiger partial charge < -0.3 is 15.3 Å². The first-order chi connectivity index (χ1) is 7.81. The number of carbonyl (C=O) groups is 1. The molecule has 94 valence electrons. The SMILES string of the molecule is CC(C)(C)OC(=O)Nc1cc(NN)ccc1O. The van der Waals surface area contributed by atoms with Crippen LogP contribution in [0.5, 0.6) is 5.75 Å². The van der Waals surface area contributed by atoms with Gasteiger partial charge in [-0.05, 0) is 39.0 Å². The van der Waals surface area contributed by atoms with Crippen molar-refractivity contribution in [1.82, 2.24) is 0 Å². The number of hydrogen-bond acceptors (Lipinski definition) is 5. The van der Waals surface area contributed by atoms with Crippen LogP contribution in [-0.4, -0.2) is 16.8 Å². The molecule has 0 aliphatic heterocycles. The van der Waals surface area contributed by atoms with E-state index in [0.717, 1.165) is 0 Å². The standard InChI is InChI=1S/C11H17N3O3/c1-11(2,3)17-10(16)13-8-6-7(14-12)4-5-9(8)15/h4-6,14-15H,12H2,1-3H3,(H,13,16). The summed E-state index contributed by atoms with van der Waals surface area (Å²) in [6.07, 6.45) is -0.637. The van der Waals surface area contributed by atoms with E-state index in [1.54, 1.807) is 26.8 Å². The van der Waals surface area contributed by atoms with Crippen molar-refractivity contribution in [3.63, 3.8) is 0 Å². The summed E-state index contributed by atoms with van der Waals surface area (Å²) in [5.41, 5.74) is 2.61. The Morgan fingerprint density at radius 1 is 1.41 bits per heavy atom. The lowest BCUT2D eigenvalue weighted by Crippen LogP contribution is -2.27. The Bertz CT molecular complexity index is 413. The highest BCUT2D eigenvalue weighted by Crippen LogP contribution is 2.26. The van der Waals surface area contributed by atoms with Gasteiger partial charge >= 0.3 is 6.09 Å². The second kappa shape index (κ2) is 4.92. The number of benzene rings is 1. The smallest absolute Gasteiger partial charge is 0.412 e. The molecule has 0 aromatic heterocycles. The number of aromatic hydroxyl groups is 1. The number of nitrogen functional groups attached to an aromatic ring is 1. The zero-order valence-electron chi connectivity index (χ0n) is 10.1. The van der Waals surface area contributed by atoms with Crippen molar-refractivity contribution in [1.29, 1.82) is 0 Å². The third-order valence-corrected chi connectivity index (χ3v) is 1.80. The van der Waals surface area contributed by atoms with Gasteiger partial charge in [0.05, 0.1) is 11.4 Å². The van der Waals surface area contributed by atoms with Crippen LogP contribution in [0.2, 0.25) is 0 Å². The number of hydrogen-bond donors (Lipinski definition) is 4. The second-order valence-electron chi connectivity index (χ2n) is 4.50. The minimum Gasteiger partial charge on any atom is -0.506 e. The monoisotopic (exact) mass is 239 g/mol. The lowest BCUT2D eigenvalue weighted by atomic mass is 10.2. The third-order valence-electron chi connectivity index (χ3n) is 1.80. The number of amides is 1. The van der Waals surface area contributed by atoms with Crippen molar-refractivity contribution in [2.75, 3.05) is 10.7 Å². The van der Waals surface area contributed by atoms with Crippen LogP contribution in [0.3, 0.4) is 0 Å². The van der Waals surface area contributed by atoms with Crippen LogP contribution in [0.1, 0.15) is 20.8 Å². The van der Waals surface area contributed by atoms with Crippen LogP contribution in [0.4, 0.5) is 16.2 Å². The first kappa shape index (κ1) is 13.1. The van der Waals surface area contributed by atoms with Gasteiger partial charge in [0.2, 0.25) is 0 Å². The Balaban J connectivity index is 2.77. The molecule has 1 amide bonds. The van der Waals surface area contributed by atoms with Crippen LogP contribution in [-0.2, 0) is 4.74 Å². The highest BCUT2D eigenvalue weighted by molar-refractivity contribution is 5.87. The molecule has 0 saturated carbocycles. The fourth-order valence-electron chi connectivity index (χ4n) is 1.14. The van der Waals surface area contributed by atoms with E-state index in [0.29, 0.717) is 5.69 Å². The molecule has 0 radical (unpaired) electrons. The van der Waals surface area contributed by atoms with E-state index in [-0.39, 0.29) is 11.4 Å². The summed E-state index contributed by atoms with van der Waals surface area (Å²) >= 11 is 0. The van der Waals surface area contributed by atoms with Gasteiger partial charge in [-0.1, -0.05) is 0 Å². The lowest BCUT2D eigenvalue weighted by Gasteiger charge is -2.20. The molecule has 17 heavy (non-hydrogen) atoms. The molecule has 5 N–H and O–H groups in total. The normalized spacial score (nSPS) is 10.8. The van der Waals surface area contributed by atoms with E-state index in [1.165, 1.54) is 12.1 Å². The average molecular weight is 239 g/mol. The number of rotatable bonds is 2. The molecule has 0 saturated heterocycles. The van der Waals surface area contributed by atoms with Gasteiger partial charge in [0.1, 0.15) is 11.4 Å². The van der Waals surface area contributed by atoms with Crippen molar-refractivity contribution in [3.8, 4) is 5.75 Å². The van der Waals surface area contributed by atoms with E-state index in [9.17, 15) is 9.90 Å². The maximum Gasteiger partial charge on any atom is 0.412 e. The summed E-state index contributed by atoms with van der Waals surface area (Å²) in [5, 5.41) is 12.0. The molecular weight excluding hydrogens is 222 g/mol. The molecule has 0 atom stereocenters. The van der Waals surface area contributed by atoms with Gasteiger partial charge in [-0.25, -0.2) is 4.79 Å². The average Bonchev–Trinajstić information content (AvgIpc) is 2.18. The third kappa shape index (κ3) is 4.20. The van der Waals surface area contributed by atoms with E-state index in [2.05, 4.69) is 10.7 Å². The number of hydrazine groups is 1. The molecule has 0 unspecified atom stereocenters. The summed E-state index contributed by atoms with van der Waals surface area (Å²) in [7, 11) is 0. The maximum absolute atomic E-state index is 11.5. The summed E-state index contributed by atoms with van der Waals surface area (Å²) in [6, 6.07) is 4.50. The summed E-state index contributed by atoms with van der Waals surface area (Å²) in [6.45, 7) is 5.26. The Morgan fingerprint density at radius 3 is 2.59 bits per heavy atom. The maximum atomic E-state index is 11.5. The first-order valence-corrected chi connectivity index (χ1v) is 5.11. The molecule has 6 nitrogen and oxygen atoms in total. The molecule has 0 spiro atoms. The fourth-order valence-corrected chi connectivity index (χ4v) is 1.14. The minimum absolute atomic E-state index is 0.0603. The van der Waals surface area contributed by atoms with Gasteiger partial charge in [-0.15, -0.1) is 0 Å². The fraction of sp³-hybridized carbons (Fsp3) is 0.364. The Morgan fingerprint density at radius 2 is 2.06 bits per heavy atom. The van der Waals surface area contributed by atoms with Gasteiger partial charge in [-0.2, -0.15) is 0 Å². The van der Waals surface area contributed by atoms with Crippen molar-refractivity contribution in [2.45, 2.75) is 26.4 Å². The van der Waals surface area contributed by atoms with Crippen molar-refractivity contribution in [3.05, 3.63) is 18.2 Å². The number of nitrogens with one attached hydrogen (secondary N) is 2. The first-order valence-electron chi connectivity index (χ1n) is 5.11. The van der Waals surface area contributed by atoms with E-state index in [1.807, 2.05) is 0 Å². The summed E-state index contributed by atoms with van der Waals surface area (Å²) < 4.78 is 5.06. The molecule has 0 aliphatic carbocycles. The topological polar surface area (TPSA) is 96.6 Å². The van der Waals surface area contributed by atoms with Crippen molar-refractivity contribution < 1.29 is 14.6 Å². The van der Waals surface area contributed by atoms with Crippen LogP contribution < -0.4 is 16.6 Å². The van der Waals surface area contributed by atoms with Gasteiger partial charge in [0.25, 0.3) is 0 Å². The minimum atomic E-state index is -0.637. The number of anilines is 2. The molecule has 0 aliphatic rings. The summed E-state index contributed by atoms with van der Waals surface area (Å²) in [5.74, 6) is 5.17. The predicted molar refractivity (Wildman–Crippen MR) is 65.8 cm³/mol. The van der Waals surface area contributed by atoms with Crippen molar-refractivity contribution >= 4 is 17.5 Å². The largest absolute Gasteiger partial charge is 0.506 e. The van der Waals surface area contributed by atoms with Gasteiger partial charge in [0, 0.05) is 0 Å². The predicted octanol–water partition coefficient (Wildman–Crippen LogP) is 2.02. The summed E-state index contributed by atoms with van der Waals surface area (Å²) in [4.78, 5) is 11.5. The van der Waals surface area contributed by atoms with E-state index < -0.39 is 11.7 Å². The highest BCUT2D eigenvalue weighted by atomic mass is 16.6. The highest BCUT2D eigenvalue weighted by Gasteiger charge is 2.17. The number of carbonyl (C=O) groups excluding carboxylic acids is 1. The number of phenols is 1. The van der Waals surface area contributed by atoms with Gasteiger partial charge in [-0.3, -0.25) is 11.2 Å². The van der Waals surface area contributed by atoms with Crippen LogP contribution >= 0.6 is 0 Å². The number of nitrogens with two attached hydrogens (primary N) is 1. The van der Waals surface area contributed by atoms with Gasteiger partial charge in [0.15, 0.2) is 0 Å². The second-order valence-corrected chi connectivity index (χ2v) is 4.50. The van der Waals surface area contributed by atoms with E-state index in [4.69, 9.17) is 10.6 Å². The van der Waals surface area contributed by atoms with Crippen molar-refractivity contribution in [2.24, 2.45) is 5.84 Å². The molecule has 0 heterocycles. The zero-order chi connectivity index (χ0) is 13.1. The Hall–Kier alpha value is -1.95. The quantitative estimate of drug-likeness (QED) is 0.274. The molecule has 1 aromatic carbocycles. The zero-order valence-corrected chi connectivity index (χ0v) is 10.1. The number of phenolic OH excluding ortho intramolecular Hbond substituents is 1.